The van der Waals surface area contributed by atoms with Crippen LogP contribution in [0.25, 0.3) is 0 Å². The Morgan fingerprint density at radius 3 is 2.39 bits per heavy atom. The predicted molar refractivity (Wildman–Crippen MR) is 94.2 cm³/mol. The molecule has 1 aliphatic rings. The van der Waals surface area contributed by atoms with E-state index < -0.39 is 11.4 Å². The highest BCUT2D eigenvalue weighted by Gasteiger charge is 2.34. The van der Waals surface area contributed by atoms with E-state index in [0.29, 0.717) is 17.8 Å². The maximum atomic E-state index is 12.1. The first kappa shape index (κ1) is 18.9. The van der Waals surface area contributed by atoms with Crippen molar-refractivity contribution in [1.29, 1.82) is 0 Å². The summed E-state index contributed by atoms with van der Waals surface area (Å²) in [7, 11) is 0. The van der Waals surface area contributed by atoms with Crippen molar-refractivity contribution in [1.82, 2.24) is 0 Å². The number of allylic oxidation sites excluding steroid dienone is 9. The molecule has 0 aromatic heterocycles. The van der Waals surface area contributed by atoms with Gasteiger partial charge in [0, 0.05) is 17.9 Å². The molecule has 0 spiro atoms. The molecule has 0 saturated carbocycles. The fourth-order valence-corrected chi connectivity index (χ4v) is 2.65. The zero-order chi connectivity index (χ0) is 17.6. The monoisotopic (exact) mass is 314 g/mol. The van der Waals surface area contributed by atoms with Crippen molar-refractivity contribution >= 4 is 11.8 Å². The van der Waals surface area contributed by atoms with Crippen molar-refractivity contribution in [2.45, 2.75) is 47.5 Å². The van der Waals surface area contributed by atoms with Crippen LogP contribution in [-0.4, -0.2) is 16.9 Å². The number of Topliss-reactive ketones (excluding diaryl/α,β-unsaturated/α-hetero) is 1. The minimum atomic E-state index is -0.945. The second-order valence-corrected chi connectivity index (χ2v) is 6.57. The highest BCUT2D eigenvalue weighted by Crippen LogP contribution is 2.38. The molecule has 0 aliphatic heterocycles. The molecule has 3 heteroatoms. The van der Waals surface area contributed by atoms with Crippen LogP contribution >= 0.6 is 0 Å². The molecule has 1 N–H and O–H groups in total. The third-order valence-corrected chi connectivity index (χ3v) is 4.14. The number of carbonyl (C=O) groups is 2. The Balaban J connectivity index is 2.88. The molecule has 0 saturated heterocycles. The summed E-state index contributed by atoms with van der Waals surface area (Å²) in [6, 6.07) is 0. The molecule has 0 aromatic rings. The zero-order valence-corrected chi connectivity index (χ0v) is 14.6. The number of ketones is 1. The van der Waals surface area contributed by atoms with E-state index in [1.54, 1.807) is 13.0 Å². The Hall–Kier alpha value is -2.16. The van der Waals surface area contributed by atoms with Crippen LogP contribution in [0.2, 0.25) is 0 Å². The van der Waals surface area contributed by atoms with Crippen molar-refractivity contribution in [3.63, 3.8) is 0 Å². The Morgan fingerprint density at radius 2 is 1.78 bits per heavy atom. The molecule has 0 radical (unpaired) electrons. The molecule has 0 fully saturated rings. The topological polar surface area (TPSA) is 54.4 Å². The van der Waals surface area contributed by atoms with Gasteiger partial charge in [-0.15, -0.1) is 0 Å². The fraction of sp³-hybridized carbons (Fsp3) is 0.400. The molecule has 1 rings (SSSR count). The summed E-state index contributed by atoms with van der Waals surface area (Å²) in [5.74, 6) is -0.655. The second kappa shape index (κ2) is 7.91. The lowest BCUT2D eigenvalue weighted by atomic mass is 9.71. The summed E-state index contributed by atoms with van der Waals surface area (Å²) < 4.78 is 0. The average Bonchev–Trinajstić information content (AvgIpc) is 2.42. The van der Waals surface area contributed by atoms with Gasteiger partial charge in [-0.3, -0.25) is 4.79 Å². The molecule has 0 atom stereocenters. The van der Waals surface area contributed by atoms with Crippen molar-refractivity contribution in [3.8, 4) is 0 Å². The van der Waals surface area contributed by atoms with Crippen molar-refractivity contribution < 1.29 is 14.7 Å². The van der Waals surface area contributed by atoms with E-state index in [2.05, 4.69) is 6.92 Å². The minimum Gasteiger partial charge on any atom is -0.478 e. The summed E-state index contributed by atoms with van der Waals surface area (Å²) in [5, 5.41) is 8.65. The molecule has 0 heterocycles. The summed E-state index contributed by atoms with van der Waals surface area (Å²) in [6.07, 6.45) is 12.2. The number of carboxylic acids is 1. The van der Waals surface area contributed by atoms with E-state index in [-0.39, 0.29) is 0 Å². The summed E-state index contributed by atoms with van der Waals surface area (Å²) >= 11 is 0. The lowest BCUT2D eigenvalue weighted by Crippen LogP contribution is -2.30. The van der Waals surface area contributed by atoms with Crippen molar-refractivity contribution in [2.24, 2.45) is 5.41 Å². The van der Waals surface area contributed by atoms with Crippen molar-refractivity contribution in [3.05, 3.63) is 58.7 Å². The van der Waals surface area contributed by atoms with Gasteiger partial charge in [0.1, 0.15) is 5.78 Å². The quantitative estimate of drug-likeness (QED) is 0.587. The van der Waals surface area contributed by atoms with Gasteiger partial charge in [0.2, 0.25) is 0 Å². The number of carbonyl (C=O) groups excluding carboxylic acids is 1. The van der Waals surface area contributed by atoms with Gasteiger partial charge in [0.15, 0.2) is 0 Å². The van der Waals surface area contributed by atoms with E-state index in [0.717, 1.165) is 17.6 Å². The molecular weight excluding hydrogens is 288 g/mol. The largest absolute Gasteiger partial charge is 0.478 e. The van der Waals surface area contributed by atoms with E-state index >= 15 is 0 Å². The lowest BCUT2D eigenvalue weighted by Gasteiger charge is -2.31. The Morgan fingerprint density at radius 1 is 1.13 bits per heavy atom. The number of aliphatic carboxylic acids is 1. The standard InChI is InChI=1S/C20H26O3/c1-14(7-6-8-15(2)13-19(22)23)9-11-17-16(3)10-12-18(21)20(17,4)5/h6-9,11,13H,10,12H2,1-5H3,(H,22,23)/b8-6+,11-9+,14-7+,15-13-. The number of carboxylic acid groups (broad SMARTS) is 1. The van der Waals surface area contributed by atoms with E-state index in [9.17, 15) is 9.59 Å². The molecule has 23 heavy (non-hydrogen) atoms. The van der Waals surface area contributed by atoms with Gasteiger partial charge in [-0.25, -0.2) is 4.79 Å². The first-order valence-electron chi connectivity index (χ1n) is 7.82. The van der Waals surface area contributed by atoms with Gasteiger partial charge in [-0.2, -0.15) is 0 Å². The second-order valence-electron chi connectivity index (χ2n) is 6.57. The molecule has 3 nitrogen and oxygen atoms in total. The van der Waals surface area contributed by atoms with Gasteiger partial charge in [-0.1, -0.05) is 41.5 Å². The van der Waals surface area contributed by atoms with Gasteiger partial charge >= 0.3 is 5.97 Å². The van der Waals surface area contributed by atoms with Crippen LogP contribution in [0.4, 0.5) is 0 Å². The van der Waals surface area contributed by atoms with Gasteiger partial charge in [-0.05, 0) is 52.2 Å². The predicted octanol–water partition coefficient (Wildman–Crippen LogP) is 4.78. The van der Waals surface area contributed by atoms with Crippen LogP contribution < -0.4 is 0 Å². The first-order valence-corrected chi connectivity index (χ1v) is 7.82. The summed E-state index contributed by atoms with van der Waals surface area (Å²) in [6.45, 7) is 9.78. The molecule has 0 aromatic carbocycles. The summed E-state index contributed by atoms with van der Waals surface area (Å²) in [5.41, 5.74) is 3.68. The van der Waals surface area contributed by atoms with Crippen LogP contribution in [0.5, 0.6) is 0 Å². The maximum Gasteiger partial charge on any atom is 0.328 e. The smallest absolute Gasteiger partial charge is 0.328 e. The highest BCUT2D eigenvalue weighted by molar-refractivity contribution is 5.89. The van der Waals surface area contributed by atoms with Crippen LogP contribution in [-0.2, 0) is 9.59 Å². The molecule has 0 unspecified atom stereocenters. The zero-order valence-electron chi connectivity index (χ0n) is 14.6. The normalized spacial score (nSPS) is 20.0. The molecular formula is C20H26O3. The van der Waals surface area contributed by atoms with Crippen molar-refractivity contribution in [2.75, 3.05) is 0 Å². The van der Waals surface area contributed by atoms with Gasteiger partial charge < -0.3 is 5.11 Å². The van der Waals surface area contributed by atoms with Crippen LogP contribution in [0, 0.1) is 5.41 Å². The minimum absolute atomic E-state index is 0.290. The number of hydrogen-bond acceptors (Lipinski definition) is 2. The molecule has 0 amide bonds. The van der Waals surface area contributed by atoms with Gasteiger partial charge in [0.25, 0.3) is 0 Å². The SMILES string of the molecule is CC1=C(/C=C/C(C)=C/C=C/C(C)=C\C(=O)O)C(C)(C)C(=O)CC1. The van der Waals surface area contributed by atoms with Gasteiger partial charge in [0.05, 0.1) is 0 Å². The first-order chi connectivity index (χ1) is 10.6. The fourth-order valence-electron chi connectivity index (χ4n) is 2.65. The third kappa shape index (κ3) is 5.51. The van der Waals surface area contributed by atoms with E-state index in [1.807, 2.05) is 45.1 Å². The third-order valence-electron chi connectivity index (χ3n) is 4.14. The van der Waals surface area contributed by atoms with Crippen LogP contribution in [0.15, 0.2) is 58.7 Å². The van der Waals surface area contributed by atoms with Crippen LogP contribution in [0.1, 0.15) is 47.5 Å². The van der Waals surface area contributed by atoms with Crippen LogP contribution in [0.3, 0.4) is 0 Å². The summed E-state index contributed by atoms with van der Waals surface area (Å²) in [4.78, 5) is 22.6. The van der Waals surface area contributed by atoms with E-state index in [4.69, 9.17) is 5.11 Å². The Bertz CT molecular complexity index is 638. The maximum absolute atomic E-state index is 12.1. The van der Waals surface area contributed by atoms with E-state index in [1.165, 1.54) is 11.6 Å². The highest BCUT2D eigenvalue weighted by atomic mass is 16.4. The molecule has 0 bridgehead atoms. The Labute approximate surface area is 138 Å². The average molecular weight is 314 g/mol. The number of rotatable bonds is 5. The molecule has 124 valence electrons. The lowest BCUT2D eigenvalue weighted by molar-refractivity contribution is -0.131. The number of hydrogen-bond donors (Lipinski definition) is 1. The molecule has 1 aliphatic carbocycles. The Kier molecular flexibility index (Phi) is 6.49.